The van der Waals surface area contributed by atoms with Gasteiger partial charge < -0.3 is 9.47 Å². The van der Waals surface area contributed by atoms with Crippen molar-refractivity contribution in [3.63, 3.8) is 0 Å². The molecule has 0 aromatic heterocycles. The van der Waals surface area contributed by atoms with Gasteiger partial charge in [-0.2, -0.15) is 0 Å². The Labute approximate surface area is 87.6 Å². The van der Waals surface area contributed by atoms with Crippen molar-refractivity contribution >= 4 is 21.0 Å². The Bertz CT molecular complexity index is 269. The summed E-state index contributed by atoms with van der Waals surface area (Å²) in [5.74, 6) is 0.0741. The SMILES string of the molecule is COC([SiH3])OC.c1cc2ccc1cc2. The number of fused-ring (bicyclic) bond motifs is 3. The molecule has 3 aromatic rings. The fourth-order valence-corrected chi connectivity index (χ4v) is 1.01. The molecule has 0 spiro atoms. The van der Waals surface area contributed by atoms with Crippen molar-refractivity contribution in [1.82, 2.24) is 0 Å². The van der Waals surface area contributed by atoms with E-state index in [-0.39, 0.29) is 5.91 Å². The molecular formula is C11H16O2Si. The Kier molecular flexibility index (Phi) is 4.59. The molecule has 0 heterocycles. The van der Waals surface area contributed by atoms with Gasteiger partial charge in [0, 0.05) is 14.2 Å². The highest BCUT2D eigenvalue weighted by molar-refractivity contribution is 6.09. The summed E-state index contributed by atoms with van der Waals surface area (Å²) in [4.78, 5) is 0. The molecule has 0 aliphatic rings. The van der Waals surface area contributed by atoms with Crippen molar-refractivity contribution in [3.05, 3.63) is 36.4 Å². The van der Waals surface area contributed by atoms with Crippen LogP contribution in [0, 0.1) is 0 Å². The Morgan fingerprint density at radius 1 is 0.857 bits per heavy atom. The minimum atomic E-state index is 0.0741. The molecule has 0 radical (unpaired) electrons. The fourth-order valence-electron chi connectivity index (χ4n) is 1.01. The molecule has 2 bridgehead atoms. The van der Waals surface area contributed by atoms with E-state index < -0.39 is 0 Å². The van der Waals surface area contributed by atoms with Gasteiger partial charge in [0.25, 0.3) is 0 Å². The van der Waals surface area contributed by atoms with Crippen LogP contribution in [0.1, 0.15) is 0 Å². The van der Waals surface area contributed by atoms with Crippen LogP contribution in [0.15, 0.2) is 36.4 Å². The van der Waals surface area contributed by atoms with Crippen LogP contribution in [0.5, 0.6) is 0 Å². The third-order valence-electron chi connectivity index (χ3n) is 2.07. The van der Waals surface area contributed by atoms with E-state index >= 15 is 0 Å². The summed E-state index contributed by atoms with van der Waals surface area (Å²) in [6.07, 6.45) is 0. The minimum absolute atomic E-state index is 0.0741. The van der Waals surface area contributed by atoms with Crippen LogP contribution in [0.25, 0.3) is 10.8 Å². The summed E-state index contributed by atoms with van der Waals surface area (Å²) >= 11 is 0. The van der Waals surface area contributed by atoms with Gasteiger partial charge in [-0.05, 0) is 10.8 Å². The Hall–Kier alpha value is -0.903. The number of rotatable bonds is 2. The van der Waals surface area contributed by atoms with Crippen molar-refractivity contribution in [2.45, 2.75) is 5.91 Å². The van der Waals surface area contributed by atoms with Crippen LogP contribution in [0.3, 0.4) is 0 Å². The number of methoxy groups -OCH3 is 2. The topological polar surface area (TPSA) is 18.5 Å². The Balaban J connectivity index is 0.000000149. The molecule has 0 amide bonds. The van der Waals surface area contributed by atoms with Gasteiger partial charge in [0.15, 0.2) is 0 Å². The minimum Gasteiger partial charge on any atom is -0.361 e. The molecule has 0 N–H and O–H groups in total. The summed E-state index contributed by atoms with van der Waals surface area (Å²) in [5.41, 5.74) is 0. The lowest BCUT2D eigenvalue weighted by Crippen LogP contribution is -2.11. The highest BCUT2D eigenvalue weighted by Gasteiger charge is 1.88. The molecule has 0 saturated heterocycles. The third kappa shape index (κ3) is 3.45. The average molecular weight is 208 g/mol. The van der Waals surface area contributed by atoms with Crippen LogP contribution in [-0.2, 0) is 9.47 Å². The van der Waals surface area contributed by atoms with Crippen LogP contribution in [-0.4, -0.2) is 30.4 Å². The molecule has 76 valence electrons. The van der Waals surface area contributed by atoms with Crippen molar-refractivity contribution in [2.24, 2.45) is 0 Å². The molecule has 14 heavy (non-hydrogen) atoms. The zero-order chi connectivity index (χ0) is 10.4. The summed E-state index contributed by atoms with van der Waals surface area (Å²) < 4.78 is 9.48. The first kappa shape index (κ1) is 11.2. The molecule has 0 aliphatic carbocycles. The summed E-state index contributed by atoms with van der Waals surface area (Å²) in [5, 5.41) is 2.61. The molecule has 0 atom stereocenters. The number of benzene rings is 3. The van der Waals surface area contributed by atoms with Crippen LogP contribution < -0.4 is 0 Å². The van der Waals surface area contributed by atoms with Crippen molar-refractivity contribution in [3.8, 4) is 0 Å². The maximum Gasteiger partial charge on any atom is 0.130 e. The van der Waals surface area contributed by atoms with Gasteiger partial charge in [0.1, 0.15) is 5.91 Å². The van der Waals surface area contributed by atoms with E-state index in [9.17, 15) is 0 Å². The molecular weight excluding hydrogens is 192 g/mol. The highest BCUT2D eigenvalue weighted by Crippen LogP contribution is 2.09. The lowest BCUT2D eigenvalue weighted by Gasteiger charge is -2.03. The number of hydrogen-bond donors (Lipinski definition) is 0. The summed E-state index contributed by atoms with van der Waals surface area (Å²) in [6, 6.07) is 12.7. The van der Waals surface area contributed by atoms with Gasteiger partial charge in [-0.25, -0.2) is 0 Å². The van der Waals surface area contributed by atoms with E-state index in [0.29, 0.717) is 0 Å². The first-order chi connectivity index (χ1) is 6.76. The predicted molar refractivity (Wildman–Crippen MR) is 62.9 cm³/mol. The average Bonchev–Trinajstić information content (AvgIpc) is 2.31. The van der Waals surface area contributed by atoms with Gasteiger partial charge in [-0.3, -0.25) is 0 Å². The van der Waals surface area contributed by atoms with Crippen LogP contribution in [0.4, 0.5) is 0 Å². The molecule has 2 nitrogen and oxygen atoms in total. The zero-order valence-electron chi connectivity index (χ0n) is 8.86. The van der Waals surface area contributed by atoms with Crippen molar-refractivity contribution in [2.75, 3.05) is 14.2 Å². The first-order valence-corrected chi connectivity index (χ1v) is 5.75. The van der Waals surface area contributed by atoms with Crippen LogP contribution >= 0.6 is 0 Å². The molecule has 3 heteroatoms. The van der Waals surface area contributed by atoms with Gasteiger partial charge in [0.05, 0.1) is 10.2 Å². The van der Waals surface area contributed by atoms with E-state index in [1.54, 1.807) is 14.2 Å². The second-order valence-electron chi connectivity index (χ2n) is 3.04. The normalized spacial score (nSPS) is 10.5. The molecule has 0 aliphatic heterocycles. The van der Waals surface area contributed by atoms with E-state index in [2.05, 4.69) is 36.4 Å². The van der Waals surface area contributed by atoms with Gasteiger partial charge >= 0.3 is 0 Å². The van der Waals surface area contributed by atoms with E-state index in [1.165, 1.54) is 10.8 Å². The quantitative estimate of drug-likeness (QED) is 0.545. The largest absolute Gasteiger partial charge is 0.361 e. The smallest absolute Gasteiger partial charge is 0.130 e. The van der Waals surface area contributed by atoms with Gasteiger partial charge in [-0.1, -0.05) is 36.4 Å². The molecule has 3 aromatic carbocycles. The molecule has 0 unspecified atom stereocenters. The summed E-state index contributed by atoms with van der Waals surface area (Å²) in [7, 11) is 4.23. The molecule has 3 rings (SSSR count). The van der Waals surface area contributed by atoms with Crippen LogP contribution in [0.2, 0.25) is 0 Å². The standard InChI is InChI=1S/C8H6.C3H10O2Si/c1-2-8-5-3-7(1)4-6-8;1-4-3(6)5-2/h1-6H;3H,1-2,6H3. The second kappa shape index (κ2) is 5.75. The van der Waals surface area contributed by atoms with Crippen molar-refractivity contribution in [1.29, 1.82) is 0 Å². The maximum atomic E-state index is 4.74. The number of ether oxygens (including phenoxy) is 2. The lowest BCUT2D eigenvalue weighted by atomic mass is 10.1. The van der Waals surface area contributed by atoms with E-state index in [1.807, 2.05) is 0 Å². The molecule has 0 saturated carbocycles. The Morgan fingerprint density at radius 2 is 1.14 bits per heavy atom. The van der Waals surface area contributed by atoms with Gasteiger partial charge in [-0.15, -0.1) is 0 Å². The third-order valence-corrected chi connectivity index (χ3v) is 3.01. The maximum absolute atomic E-state index is 4.74. The highest BCUT2D eigenvalue weighted by atomic mass is 28.1. The van der Waals surface area contributed by atoms with Gasteiger partial charge in [0.2, 0.25) is 0 Å². The fraction of sp³-hybridized carbons (Fsp3) is 0.273. The second-order valence-corrected chi connectivity index (χ2v) is 3.98. The van der Waals surface area contributed by atoms with Crippen molar-refractivity contribution < 1.29 is 9.47 Å². The monoisotopic (exact) mass is 208 g/mol. The Morgan fingerprint density at radius 3 is 1.21 bits per heavy atom. The summed E-state index contributed by atoms with van der Waals surface area (Å²) in [6.45, 7) is 0. The molecule has 0 fully saturated rings. The first-order valence-electron chi connectivity index (χ1n) is 4.60. The number of hydrogen-bond acceptors (Lipinski definition) is 2. The lowest BCUT2D eigenvalue weighted by molar-refractivity contribution is -0.0411. The predicted octanol–water partition coefficient (Wildman–Crippen LogP) is 1.21. The van der Waals surface area contributed by atoms with E-state index in [4.69, 9.17) is 9.47 Å². The van der Waals surface area contributed by atoms with E-state index in [0.717, 1.165) is 10.2 Å². The zero-order valence-corrected chi connectivity index (χ0v) is 10.9.